The van der Waals surface area contributed by atoms with Gasteiger partial charge in [-0.2, -0.15) is 0 Å². The fraction of sp³-hybridized carbons (Fsp3) is 0.263. The van der Waals surface area contributed by atoms with Gasteiger partial charge in [0.05, 0.1) is 6.42 Å². The summed E-state index contributed by atoms with van der Waals surface area (Å²) < 4.78 is 18.3. The molecule has 7 heteroatoms. The molecule has 0 radical (unpaired) electrons. The highest BCUT2D eigenvalue weighted by atomic mass is 35.5. The minimum atomic E-state index is -0.691. The molecular formula is C19H20ClFN2O3. The summed E-state index contributed by atoms with van der Waals surface area (Å²) in [4.78, 5) is 23.8. The molecule has 0 saturated heterocycles. The SMILES string of the molecule is CC(Oc1cccc(Cl)c1)C(=O)NCCNC(=O)Cc1ccc(F)cc1. The van der Waals surface area contributed by atoms with Crippen LogP contribution in [0.4, 0.5) is 4.39 Å². The van der Waals surface area contributed by atoms with E-state index in [4.69, 9.17) is 16.3 Å². The van der Waals surface area contributed by atoms with Crippen LogP contribution in [0.25, 0.3) is 0 Å². The van der Waals surface area contributed by atoms with Crippen molar-refractivity contribution in [2.75, 3.05) is 13.1 Å². The van der Waals surface area contributed by atoms with E-state index in [-0.39, 0.29) is 37.1 Å². The second-order valence-electron chi connectivity index (χ2n) is 5.66. The monoisotopic (exact) mass is 378 g/mol. The molecule has 0 aliphatic rings. The molecule has 5 nitrogen and oxygen atoms in total. The standard InChI is InChI=1S/C19H20ClFN2O3/c1-13(26-17-4-2-3-15(20)12-17)19(25)23-10-9-22-18(24)11-14-5-7-16(21)8-6-14/h2-8,12-13H,9-11H2,1H3,(H,22,24)(H,23,25). The van der Waals surface area contributed by atoms with Gasteiger partial charge < -0.3 is 15.4 Å². The van der Waals surface area contributed by atoms with Crippen molar-refractivity contribution in [3.63, 3.8) is 0 Å². The summed E-state index contributed by atoms with van der Waals surface area (Å²) in [7, 11) is 0. The molecule has 138 valence electrons. The molecule has 0 aromatic heterocycles. The van der Waals surface area contributed by atoms with Crippen LogP contribution < -0.4 is 15.4 Å². The summed E-state index contributed by atoms with van der Waals surface area (Å²) >= 11 is 5.87. The van der Waals surface area contributed by atoms with Crippen molar-refractivity contribution in [2.24, 2.45) is 0 Å². The van der Waals surface area contributed by atoms with Crippen LogP contribution in [-0.2, 0) is 16.0 Å². The van der Waals surface area contributed by atoms with Crippen LogP contribution in [0.1, 0.15) is 12.5 Å². The maximum absolute atomic E-state index is 12.8. The number of carbonyl (C=O) groups excluding carboxylic acids is 2. The number of hydrogen-bond donors (Lipinski definition) is 2. The molecule has 0 heterocycles. The van der Waals surface area contributed by atoms with E-state index in [1.54, 1.807) is 43.3 Å². The minimum Gasteiger partial charge on any atom is -0.481 e. The summed E-state index contributed by atoms with van der Waals surface area (Å²) in [6, 6.07) is 12.5. The highest BCUT2D eigenvalue weighted by molar-refractivity contribution is 6.30. The van der Waals surface area contributed by atoms with Crippen LogP contribution in [-0.4, -0.2) is 31.0 Å². The molecule has 0 aliphatic carbocycles. The van der Waals surface area contributed by atoms with Crippen molar-refractivity contribution in [3.8, 4) is 5.75 Å². The Hall–Kier alpha value is -2.60. The van der Waals surface area contributed by atoms with Gasteiger partial charge in [-0.25, -0.2) is 4.39 Å². The average Bonchev–Trinajstić information content (AvgIpc) is 2.60. The molecule has 2 rings (SSSR count). The fourth-order valence-corrected chi connectivity index (χ4v) is 2.36. The zero-order valence-electron chi connectivity index (χ0n) is 14.3. The van der Waals surface area contributed by atoms with Gasteiger partial charge in [0.2, 0.25) is 5.91 Å². The predicted molar refractivity (Wildman–Crippen MR) is 97.7 cm³/mol. The van der Waals surface area contributed by atoms with Gasteiger partial charge in [-0.05, 0) is 42.8 Å². The number of nitrogens with one attached hydrogen (secondary N) is 2. The second-order valence-corrected chi connectivity index (χ2v) is 6.10. The third kappa shape index (κ3) is 6.72. The molecule has 0 bridgehead atoms. The largest absolute Gasteiger partial charge is 0.481 e. The van der Waals surface area contributed by atoms with Crippen LogP contribution >= 0.6 is 11.6 Å². The highest BCUT2D eigenvalue weighted by Gasteiger charge is 2.14. The van der Waals surface area contributed by atoms with Gasteiger partial charge in [0, 0.05) is 18.1 Å². The quantitative estimate of drug-likeness (QED) is 0.694. The maximum Gasteiger partial charge on any atom is 0.260 e. The van der Waals surface area contributed by atoms with Gasteiger partial charge in [0.15, 0.2) is 6.10 Å². The van der Waals surface area contributed by atoms with Crippen LogP contribution in [0.2, 0.25) is 5.02 Å². The zero-order chi connectivity index (χ0) is 18.9. The lowest BCUT2D eigenvalue weighted by Gasteiger charge is -2.15. The molecule has 0 saturated carbocycles. The Morgan fingerprint density at radius 1 is 1.12 bits per heavy atom. The van der Waals surface area contributed by atoms with Crippen LogP contribution in [0.3, 0.4) is 0 Å². The van der Waals surface area contributed by atoms with E-state index in [0.717, 1.165) is 5.56 Å². The lowest BCUT2D eigenvalue weighted by Crippen LogP contribution is -2.41. The molecule has 2 aromatic rings. The third-order valence-electron chi connectivity index (χ3n) is 3.50. The van der Waals surface area contributed by atoms with Gasteiger partial charge in [-0.3, -0.25) is 9.59 Å². The molecule has 1 atom stereocenters. The molecule has 0 aliphatic heterocycles. The van der Waals surface area contributed by atoms with E-state index in [0.29, 0.717) is 10.8 Å². The first-order valence-electron chi connectivity index (χ1n) is 8.15. The van der Waals surface area contributed by atoms with Crippen LogP contribution in [0.5, 0.6) is 5.75 Å². The van der Waals surface area contributed by atoms with Gasteiger partial charge in [0.25, 0.3) is 5.91 Å². The lowest BCUT2D eigenvalue weighted by molar-refractivity contribution is -0.127. The Bertz CT molecular complexity index is 753. The summed E-state index contributed by atoms with van der Waals surface area (Å²) in [5, 5.41) is 5.90. The first-order chi connectivity index (χ1) is 12.4. The molecule has 2 N–H and O–H groups in total. The van der Waals surface area contributed by atoms with Gasteiger partial charge in [-0.1, -0.05) is 29.8 Å². The summed E-state index contributed by atoms with van der Waals surface area (Å²) in [6.07, 6.45) is -0.536. The molecular weight excluding hydrogens is 359 g/mol. The molecule has 0 spiro atoms. The van der Waals surface area contributed by atoms with Crippen molar-refractivity contribution in [1.29, 1.82) is 0 Å². The predicted octanol–water partition coefficient (Wildman–Crippen LogP) is 2.72. The molecule has 2 amide bonds. The van der Waals surface area contributed by atoms with E-state index < -0.39 is 6.10 Å². The topological polar surface area (TPSA) is 67.4 Å². The zero-order valence-corrected chi connectivity index (χ0v) is 15.1. The van der Waals surface area contributed by atoms with Gasteiger partial charge in [-0.15, -0.1) is 0 Å². The maximum atomic E-state index is 12.8. The average molecular weight is 379 g/mol. The number of halogens is 2. The van der Waals surface area contributed by atoms with E-state index >= 15 is 0 Å². The van der Waals surface area contributed by atoms with E-state index in [2.05, 4.69) is 10.6 Å². The fourth-order valence-electron chi connectivity index (χ4n) is 2.18. The highest BCUT2D eigenvalue weighted by Crippen LogP contribution is 2.18. The normalized spacial score (nSPS) is 11.5. The van der Waals surface area contributed by atoms with Crippen molar-refractivity contribution >= 4 is 23.4 Å². The summed E-state index contributed by atoms with van der Waals surface area (Å²) in [6.45, 7) is 2.19. The first kappa shape index (κ1) is 19.7. The molecule has 0 fully saturated rings. The Kier molecular flexibility index (Phi) is 7.41. The minimum absolute atomic E-state index is 0.155. The number of rotatable bonds is 8. The van der Waals surface area contributed by atoms with Crippen molar-refractivity contribution in [3.05, 3.63) is 64.9 Å². The number of carbonyl (C=O) groups is 2. The van der Waals surface area contributed by atoms with E-state index in [1.807, 2.05) is 0 Å². The van der Waals surface area contributed by atoms with Gasteiger partial charge in [0.1, 0.15) is 11.6 Å². The Balaban J connectivity index is 1.66. The molecule has 2 aromatic carbocycles. The molecule has 26 heavy (non-hydrogen) atoms. The third-order valence-corrected chi connectivity index (χ3v) is 3.74. The van der Waals surface area contributed by atoms with E-state index in [1.165, 1.54) is 12.1 Å². The van der Waals surface area contributed by atoms with Gasteiger partial charge >= 0.3 is 0 Å². The summed E-state index contributed by atoms with van der Waals surface area (Å²) in [5.41, 5.74) is 0.719. The van der Waals surface area contributed by atoms with Crippen molar-refractivity contribution in [2.45, 2.75) is 19.4 Å². The van der Waals surface area contributed by atoms with Crippen molar-refractivity contribution in [1.82, 2.24) is 10.6 Å². The Morgan fingerprint density at radius 3 is 2.50 bits per heavy atom. The first-order valence-corrected chi connectivity index (χ1v) is 8.53. The van der Waals surface area contributed by atoms with Crippen LogP contribution in [0, 0.1) is 5.82 Å². The lowest BCUT2D eigenvalue weighted by atomic mass is 10.1. The summed E-state index contributed by atoms with van der Waals surface area (Å²) in [5.74, 6) is -0.328. The Morgan fingerprint density at radius 2 is 1.81 bits per heavy atom. The Labute approximate surface area is 156 Å². The molecule has 1 unspecified atom stereocenters. The second kappa shape index (κ2) is 9.77. The number of hydrogen-bond acceptors (Lipinski definition) is 3. The number of ether oxygens (including phenoxy) is 1. The number of amides is 2. The van der Waals surface area contributed by atoms with Crippen LogP contribution in [0.15, 0.2) is 48.5 Å². The van der Waals surface area contributed by atoms with Crippen molar-refractivity contribution < 1.29 is 18.7 Å². The number of benzene rings is 2. The smallest absolute Gasteiger partial charge is 0.260 e. The van der Waals surface area contributed by atoms with E-state index in [9.17, 15) is 14.0 Å².